The number of esters is 1. The van der Waals surface area contributed by atoms with Crippen molar-refractivity contribution in [3.8, 4) is 0 Å². The number of hydrogen-bond acceptors (Lipinski definition) is 10. The molecule has 0 heterocycles. The van der Waals surface area contributed by atoms with E-state index in [4.69, 9.17) is 24.4 Å². The Labute approximate surface area is 270 Å². The van der Waals surface area contributed by atoms with Gasteiger partial charge in [-0.25, -0.2) is 19.3 Å². The minimum Gasteiger partial charge on any atom is -0.460 e. The molecule has 0 aromatic heterocycles. The highest BCUT2D eigenvalue weighted by Gasteiger charge is 2.29. The molecule has 0 aliphatic rings. The maximum atomic E-state index is 13.1. The number of carbonyl (C=O) groups excluding carboxylic acids is 4. The van der Waals surface area contributed by atoms with Crippen LogP contribution < -0.4 is 10.6 Å². The quantitative estimate of drug-likeness (QED) is 0.104. The molecule has 2 aromatic carbocycles. The second-order valence-corrected chi connectivity index (χ2v) is 12.5. The van der Waals surface area contributed by atoms with Gasteiger partial charge in [0.15, 0.2) is 0 Å². The predicted octanol–water partition coefficient (Wildman–Crippen LogP) is 5.25. The van der Waals surface area contributed by atoms with Crippen molar-refractivity contribution >= 4 is 30.2 Å². The number of carbonyl (C=O) groups is 4. The molecule has 252 valence electrons. The Morgan fingerprint density at radius 3 is 1.85 bits per heavy atom. The third-order valence-electron chi connectivity index (χ3n) is 5.99. The summed E-state index contributed by atoms with van der Waals surface area (Å²) in [6, 6.07) is 16.9. The highest BCUT2D eigenvalue weighted by molar-refractivity contribution is 5.99. The Kier molecular flexibility index (Phi) is 14.5. The van der Waals surface area contributed by atoms with Crippen molar-refractivity contribution in [2.45, 2.75) is 97.4 Å². The maximum absolute atomic E-state index is 13.1. The second kappa shape index (κ2) is 17.7. The molecule has 0 aliphatic heterocycles. The number of ether oxygens (including phenoxy) is 4. The van der Waals surface area contributed by atoms with E-state index in [1.54, 1.807) is 90.1 Å². The summed E-state index contributed by atoms with van der Waals surface area (Å²) in [7, 11) is 0. The topological polar surface area (TPSA) is 177 Å². The zero-order valence-electron chi connectivity index (χ0n) is 27.3. The highest BCUT2D eigenvalue weighted by atomic mass is 16.6. The lowest BCUT2D eigenvalue weighted by Crippen LogP contribution is -2.49. The fourth-order valence-corrected chi connectivity index (χ4v) is 4.00. The maximum Gasteiger partial charge on any atom is 0.416 e. The van der Waals surface area contributed by atoms with Gasteiger partial charge in [-0.15, -0.1) is 0 Å². The van der Waals surface area contributed by atoms with E-state index in [1.807, 2.05) is 12.1 Å². The summed E-state index contributed by atoms with van der Waals surface area (Å²) in [5.41, 5.74) is -0.151. The molecular weight excluding hydrogens is 596 g/mol. The summed E-state index contributed by atoms with van der Waals surface area (Å²) in [5.74, 6) is -1.26. The first-order valence-corrected chi connectivity index (χ1v) is 15.0. The summed E-state index contributed by atoms with van der Waals surface area (Å²) < 4.78 is 21.2. The van der Waals surface area contributed by atoms with Gasteiger partial charge < -0.3 is 29.4 Å². The summed E-state index contributed by atoms with van der Waals surface area (Å²) in [4.78, 5) is 51.4. The number of nitrogens with one attached hydrogen (secondary N) is 3. The Bertz CT molecular complexity index is 1290. The lowest BCUT2D eigenvalue weighted by atomic mass is 10.0. The lowest BCUT2D eigenvalue weighted by molar-refractivity contribution is -0.157. The smallest absolute Gasteiger partial charge is 0.416 e. The van der Waals surface area contributed by atoms with Gasteiger partial charge in [-0.2, -0.15) is 0 Å². The van der Waals surface area contributed by atoms with Crippen LogP contribution in [0.2, 0.25) is 0 Å². The van der Waals surface area contributed by atoms with E-state index in [0.29, 0.717) is 5.56 Å². The molecule has 13 nitrogen and oxygen atoms in total. The number of hydrogen-bond donors (Lipinski definition) is 4. The van der Waals surface area contributed by atoms with Crippen molar-refractivity contribution in [3.05, 3.63) is 71.8 Å². The van der Waals surface area contributed by atoms with E-state index in [0.717, 1.165) is 10.5 Å². The molecule has 46 heavy (non-hydrogen) atoms. The van der Waals surface area contributed by atoms with Crippen LogP contribution in [-0.4, -0.2) is 70.1 Å². The molecule has 4 N–H and O–H groups in total. The molecule has 3 amide bonds. The van der Waals surface area contributed by atoms with Crippen molar-refractivity contribution in [1.82, 2.24) is 15.5 Å². The van der Waals surface area contributed by atoms with Gasteiger partial charge in [0.05, 0.1) is 18.6 Å². The summed E-state index contributed by atoms with van der Waals surface area (Å²) >= 11 is 0. The van der Waals surface area contributed by atoms with Gasteiger partial charge in [-0.1, -0.05) is 60.7 Å². The molecule has 0 fully saturated rings. The predicted molar refractivity (Wildman–Crippen MR) is 170 cm³/mol. The molecule has 13 heteroatoms. The van der Waals surface area contributed by atoms with Gasteiger partial charge in [0.1, 0.15) is 24.4 Å². The number of rotatable bonds is 12. The third kappa shape index (κ3) is 15.4. The zero-order valence-corrected chi connectivity index (χ0v) is 27.3. The van der Waals surface area contributed by atoms with Crippen LogP contribution >= 0.6 is 0 Å². The van der Waals surface area contributed by atoms with Crippen molar-refractivity contribution in [2.75, 3.05) is 6.54 Å². The van der Waals surface area contributed by atoms with Crippen molar-refractivity contribution < 1.29 is 43.2 Å². The number of benzene rings is 2. The van der Waals surface area contributed by atoms with Crippen LogP contribution in [0.5, 0.6) is 0 Å². The van der Waals surface area contributed by atoms with E-state index >= 15 is 0 Å². The molecule has 0 saturated heterocycles. The van der Waals surface area contributed by atoms with Gasteiger partial charge in [0.25, 0.3) is 0 Å². The number of amides is 3. The molecule has 0 unspecified atom stereocenters. The van der Waals surface area contributed by atoms with Crippen LogP contribution in [0.3, 0.4) is 0 Å². The monoisotopic (exact) mass is 642 g/mol. The summed E-state index contributed by atoms with van der Waals surface area (Å²) in [5, 5.41) is 24.2. The van der Waals surface area contributed by atoms with E-state index in [-0.39, 0.29) is 32.6 Å². The second-order valence-electron chi connectivity index (χ2n) is 12.5. The van der Waals surface area contributed by atoms with Crippen molar-refractivity contribution in [3.63, 3.8) is 0 Å². The average molecular weight is 643 g/mol. The minimum absolute atomic E-state index is 0.0496. The van der Waals surface area contributed by atoms with Crippen LogP contribution in [-0.2, 0) is 37.0 Å². The lowest BCUT2D eigenvalue weighted by Gasteiger charge is -2.28. The molecule has 0 spiro atoms. The largest absolute Gasteiger partial charge is 0.460 e. The number of aliphatic hydroxyl groups is 1. The number of alkyl carbamates (subject to hydrolysis) is 2. The van der Waals surface area contributed by atoms with Gasteiger partial charge in [0.2, 0.25) is 5.96 Å². The van der Waals surface area contributed by atoms with Crippen molar-refractivity contribution in [1.29, 1.82) is 5.41 Å². The Balaban J connectivity index is 2.13. The van der Waals surface area contributed by atoms with Crippen LogP contribution in [0.1, 0.15) is 71.9 Å². The zero-order chi connectivity index (χ0) is 34.3. The molecule has 0 bridgehead atoms. The van der Waals surface area contributed by atoms with E-state index in [9.17, 15) is 24.3 Å². The standard InChI is InChI=1S/C33H46N4O9/c1-32(2,3)45-27(39)20-26(38)25(35-30(41)46-33(4,5)6)18-13-19-37(31(42)44-22-24-16-11-8-12-17-24)28(34)36-29(40)43-21-23-14-9-7-10-15-23/h7-12,14-17,25-26,38H,13,18-22H2,1-6H3,(H,35,41)(H2,34,36,40)/t25-,26+/m0/s1. The molecule has 2 atom stereocenters. The Morgan fingerprint density at radius 2 is 1.33 bits per heavy atom. The number of aliphatic hydroxyl groups excluding tert-OH is 1. The number of nitrogens with zero attached hydrogens (tertiary/aromatic N) is 1. The Morgan fingerprint density at radius 1 is 0.804 bits per heavy atom. The van der Waals surface area contributed by atoms with Gasteiger partial charge >= 0.3 is 24.2 Å². The van der Waals surface area contributed by atoms with Crippen LogP contribution in [0.25, 0.3) is 0 Å². The highest BCUT2D eigenvalue weighted by Crippen LogP contribution is 2.15. The molecular formula is C33H46N4O9. The fourth-order valence-electron chi connectivity index (χ4n) is 4.00. The van der Waals surface area contributed by atoms with E-state index in [2.05, 4.69) is 10.6 Å². The average Bonchev–Trinajstić information content (AvgIpc) is 2.95. The van der Waals surface area contributed by atoms with Crippen LogP contribution in [0.4, 0.5) is 14.4 Å². The molecule has 2 rings (SSSR count). The molecule has 0 radical (unpaired) electrons. The minimum atomic E-state index is -1.36. The van der Waals surface area contributed by atoms with Crippen LogP contribution in [0, 0.1) is 5.41 Å². The van der Waals surface area contributed by atoms with Gasteiger partial charge in [-0.05, 0) is 65.5 Å². The number of guanidine groups is 1. The van der Waals surface area contributed by atoms with Gasteiger partial charge in [0, 0.05) is 6.54 Å². The molecule has 0 saturated carbocycles. The SMILES string of the molecule is CC(C)(C)OC(=O)C[C@@H](O)[C@H](CCCN(C(=N)NC(=O)OCc1ccccc1)C(=O)OCc1ccccc1)NC(=O)OC(C)(C)C. The summed E-state index contributed by atoms with van der Waals surface area (Å²) in [6.45, 7) is 9.84. The van der Waals surface area contributed by atoms with E-state index < -0.39 is 60.0 Å². The first-order valence-electron chi connectivity index (χ1n) is 15.0. The fraction of sp³-hybridized carbons (Fsp3) is 0.485. The van der Waals surface area contributed by atoms with Crippen LogP contribution in [0.15, 0.2) is 60.7 Å². The molecule has 2 aromatic rings. The first kappa shape index (κ1) is 37.5. The first-order chi connectivity index (χ1) is 21.5. The van der Waals surface area contributed by atoms with E-state index in [1.165, 1.54) is 0 Å². The van der Waals surface area contributed by atoms with Gasteiger partial charge in [-0.3, -0.25) is 15.5 Å². The van der Waals surface area contributed by atoms with Crippen molar-refractivity contribution in [2.24, 2.45) is 0 Å². The normalized spacial score (nSPS) is 12.6. The summed E-state index contributed by atoms with van der Waals surface area (Å²) in [6.07, 6.45) is -4.28. The Hall–Kier alpha value is -4.65. The third-order valence-corrected chi connectivity index (χ3v) is 5.99. The molecule has 0 aliphatic carbocycles.